The van der Waals surface area contributed by atoms with Crippen molar-refractivity contribution in [1.82, 2.24) is 10.3 Å². The number of carbonyl (C=O) groups excluding carboxylic acids is 4. The number of anilines is 2. The lowest BCUT2D eigenvalue weighted by Crippen LogP contribution is -2.53. The highest BCUT2D eigenvalue weighted by Crippen LogP contribution is 2.54. The number of carbonyl (C=O) groups is 4. The molecule has 0 bridgehead atoms. The molecule has 4 aromatic rings. The lowest BCUT2D eigenvalue weighted by molar-refractivity contribution is -0.130. The van der Waals surface area contributed by atoms with E-state index in [0.717, 1.165) is 16.5 Å². The summed E-state index contributed by atoms with van der Waals surface area (Å²) in [5.41, 5.74) is 2.55. The van der Waals surface area contributed by atoms with Crippen molar-refractivity contribution < 1.29 is 23.9 Å². The lowest BCUT2D eigenvalue weighted by atomic mass is 9.76. The first kappa shape index (κ1) is 24.3. The highest BCUT2D eigenvalue weighted by molar-refractivity contribution is 6.26. The summed E-state index contributed by atoms with van der Waals surface area (Å²) in [6.07, 6.45) is 2.36. The molecule has 2 saturated heterocycles. The van der Waals surface area contributed by atoms with E-state index in [9.17, 15) is 19.2 Å². The Morgan fingerprint density at radius 3 is 2.50 bits per heavy atom. The minimum absolute atomic E-state index is 0.240. The minimum Gasteiger partial charge on any atom is -0.462 e. The second-order valence-corrected chi connectivity index (χ2v) is 10.4. The van der Waals surface area contributed by atoms with E-state index in [1.807, 2.05) is 48.7 Å². The first-order chi connectivity index (χ1) is 19.4. The Bertz CT molecular complexity index is 1710. The topological polar surface area (TPSA) is 121 Å². The Hall–Kier alpha value is -4.76. The third-order valence-electron chi connectivity index (χ3n) is 8.37. The van der Waals surface area contributed by atoms with Crippen LogP contribution >= 0.6 is 0 Å². The number of ether oxygens (including phenoxy) is 1. The average Bonchev–Trinajstić information content (AvgIpc) is 3.68. The zero-order valence-electron chi connectivity index (χ0n) is 21.6. The number of esters is 1. The monoisotopic (exact) mass is 534 g/mol. The van der Waals surface area contributed by atoms with Crippen molar-refractivity contribution in [2.24, 2.45) is 11.8 Å². The van der Waals surface area contributed by atoms with E-state index in [-0.39, 0.29) is 18.4 Å². The van der Waals surface area contributed by atoms with Gasteiger partial charge in [0.15, 0.2) is 0 Å². The molecule has 2 fully saturated rings. The fourth-order valence-corrected chi connectivity index (χ4v) is 6.69. The van der Waals surface area contributed by atoms with Gasteiger partial charge in [0.05, 0.1) is 29.7 Å². The first-order valence-electron chi connectivity index (χ1n) is 13.3. The van der Waals surface area contributed by atoms with Crippen molar-refractivity contribution in [2.75, 3.05) is 16.8 Å². The number of hydrogen-bond acceptors (Lipinski definition) is 6. The van der Waals surface area contributed by atoms with Gasteiger partial charge in [-0.2, -0.15) is 0 Å². The Kier molecular flexibility index (Phi) is 5.40. The number of H-pyrrole nitrogens is 1. The Balaban J connectivity index is 1.32. The van der Waals surface area contributed by atoms with Gasteiger partial charge in [0, 0.05) is 34.4 Å². The van der Waals surface area contributed by atoms with Gasteiger partial charge in [-0.25, -0.2) is 9.69 Å². The summed E-state index contributed by atoms with van der Waals surface area (Å²) in [6.45, 7) is 1.96. The molecule has 200 valence electrons. The smallest absolute Gasteiger partial charge is 0.338 e. The zero-order valence-corrected chi connectivity index (χ0v) is 21.6. The molecule has 3 aliphatic heterocycles. The summed E-state index contributed by atoms with van der Waals surface area (Å²) in [4.78, 5) is 58.6. The van der Waals surface area contributed by atoms with Gasteiger partial charge in [-0.05, 0) is 55.3 Å². The number of rotatable bonds is 5. The number of aromatic nitrogens is 1. The van der Waals surface area contributed by atoms with Crippen LogP contribution < -0.4 is 15.5 Å². The molecule has 7 rings (SSSR count). The molecule has 1 aromatic heterocycles. The molecule has 0 radical (unpaired) electrons. The van der Waals surface area contributed by atoms with E-state index in [2.05, 4.69) is 15.6 Å². The van der Waals surface area contributed by atoms with E-state index in [0.29, 0.717) is 28.9 Å². The molecular formula is C31H26N4O5. The van der Waals surface area contributed by atoms with Crippen LogP contribution in [0.5, 0.6) is 0 Å². The van der Waals surface area contributed by atoms with Crippen molar-refractivity contribution in [2.45, 2.75) is 24.9 Å². The molecular weight excluding hydrogens is 508 g/mol. The van der Waals surface area contributed by atoms with E-state index < -0.39 is 35.3 Å². The molecule has 0 aliphatic carbocycles. The van der Waals surface area contributed by atoms with Crippen molar-refractivity contribution in [3.63, 3.8) is 0 Å². The van der Waals surface area contributed by atoms with Gasteiger partial charge in [0.1, 0.15) is 5.54 Å². The van der Waals surface area contributed by atoms with Gasteiger partial charge >= 0.3 is 5.97 Å². The van der Waals surface area contributed by atoms with E-state index in [4.69, 9.17) is 4.74 Å². The summed E-state index contributed by atoms with van der Waals surface area (Å²) in [5.74, 6) is -3.35. The SMILES string of the molecule is CCOC(=O)c1ccc(N2C(=O)[C@@H]3C(Cc4c[nH]c5ccccc45)NC4(C(=O)Nc5ccccc54)[C@@H]3C2=O)cc1. The van der Waals surface area contributed by atoms with Crippen LogP contribution in [0.1, 0.15) is 28.4 Å². The highest BCUT2D eigenvalue weighted by atomic mass is 16.5. The summed E-state index contributed by atoms with van der Waals surface area (Å²) in [5, 5.41) is 7.45. The molecule has 4 atom stereocenters. The number of aromatic amines is 1. The van der Waals surface area contributed by atoms with Crippen LogP contribution in [0.4, 0.5) is 11.4 Å². The average molecular weight is 535 g/mol. The summed E-state index contributed by atoms with van der Waals surface area (Å²) in [7, 11) is 0. The van der Waals surface area contributed by atoms with Crippen molar-refractivity contribution in [3.8, 4) is 0 Å². The molecule has 3 aliphatic rings. The van der Waals surface area contributed by atoms with Crippen LogP contribution in [-0.2, 0) is 31.1 Å². The van der Waals surface area contributed by atoms with E-state index in [1.165, 1.54) is 17.0 Å². The van der Waals surface area contributed by atoms with Crippen molar-refractivity contribution >= 4 is 46.0 Å². The Labute approximate surface area is 229 Å². The van der Waals surface area contributed by atoms with Gasteiger partial charge in [0.2, 0.25) is 17.7 Å². The Morgan fingerprint density at radius 1 is 0.950 bits per heavy atom. The second-order valence-electron chi connectivity index (χ2n) is 10.4. The molecule has 3 aromatic carbocycles. The van der Waals surface area contributed by atoms with Crippen LogP contribution in [0.15, 0.2) is 79.0 Å². The summed E-state index contributed by atoms with van der Waals surface area (Å²) >= 11 is 0. The number of nitrogens with zero attached hydrogens (tertiary/aromatic N) is 1. The zero-order chi connectivity index (χ0) is 27.6. The fraction of sp³-hybridized carbons (Fsp3) is 0.226. The molecule has 2 unspecified atom stereocenters. The van der Waals surface area contributed by atoms with E-state index >= 15 is 0 Å². The van der Waals surface area contributed by atoms with Crippen LogP contribution in [0.25, 0.3) is 10.9 Å². The van der Waals surface area contributed by atoms with Gasteiger partial charge < -0.3 is 15.0 Å². The predicted molar refractivity (Wildman–Crippen MR) is 148 cm³/mol. The molecule has 3 N–H and O–H groups in total. The minimum atomic E-state index is -1.38. The van der Waals surface area contributed by atoms with Crippen molar-refractivity contribution in [1.29, 1.82) is 0 Å². The number of imide groups is 1. The van der Waals surface area contributed by atoms with Gasteiger partial charge in [-0.3, -0.25) is 19.7 Å². The molecule has 1 spiro atoms. The van der Waals surface area contributed by atoms with E-state index in [1.54, 1.807) is 25.1 Å². The maximum Gasteiger partial charge on any atom is 0.338 e. The number of hydrogen-bond donors (Lipinski definition) is 3. The molecule has 3 amide bonds. The molecule has 9 nitrogen and oxygen atoms in total. The number of benzene rings is 3. The lowest BCUT2D eigenvalue weighted by Gasteiger charge is -2.29. The summed E-state index contributed by atoms with van der Waals surface area (Å²) < 4.78 is 5.06. The largest absolute Gasteiger partial charge is 0.462 e. The molecule has 9 heteroatoms. The maximum atomic E-state index is 14.2. The first-order valence-corrected chi connectivity index (χ1v) is 13.3. The fourth-order valence-electron chi connectivity index (χ4n) is 6.69. The molecule has 4 heterocycles. The van der Waals surface area contributed by atoms with Crippen molar-refractivity contribution in [3.05, 3.63) is 95.7 Å². The molecule has 0 saturated carbocycles. The normalized spacial score (nSPS) is 25.0. The Morgan fingerprint density at radius 2 is 1.70 bits per heavy atom. The molecule has 40 heavy (non-hydrogen) atoms. The number of nitrogens with one attached hydrogen (secondary N) is 3. The standard InChI is InChI=1S/C31H26N4O5/c1-2-40-29(38)17-11-13-19(14-12-17)35-27(36)25-24(15-18-16-32-22-9-5-3-7-20(18)22)34-31(26(25)28(35)37)21-8-4-6-10-23(21)33-30(31)39/h3-14,16,24-26,32,34H,2,15H2,1H3,(H,33,39)/t24?,25-,26+,31?/m1/s1. The summed E-state index contributed by atoms with van der Waals surface area (Å²) in [6, 6.07) is 20.9. The quantitative estimate of drug-likeness (QED) is 0.266. The third kappa shape index (κ3) is 3.31. The highest BCUT2D eigenvalue weighted by Gasteiger charge is 2.70. The van der Waals surface area contributed by atoms with Crippen LogP contribution in [0.3, 0.4) is 0 Å². The van der Waals surface area contributed by atoms with Gasteiger partial charge in [0.25, 0.3) is 0 Å². The maximum absolute atomic E-state index is 14.2. The predicted octanol–water partition coefficient (Wildman–Crippen LogP) is 3.51. The van der Waals surface area contributed by atoms with Crippen LogP contribution in [0.2, 0.25) is 0 Å². The number of para-hydroxylation sites is 2. The van der Waals surface area contributed by atoms with Gasteiger partial charge in [-0.1, -0.05) is 36.4 Å². The van der Waals surface area contributed by atoms with Crippen LogP contribution in [0, 0.1) is 11.8 Å². The van der Waals surface area contributed by atoms with Crippen LogP contribution in [-0.4, -0.2) is 41.3 Å². The third-order valence-corrected chi connectivity index (χ3v) is 8.37. The van der Waals surface area contributed by atoms with Gasteiger partial charge in [-0.15, -0.1) is 0 Å². The number of amides is 3. The second kappa shape index (κ2) is 8.89. The number of fused-ring (bicyclic) bond motifs is 5.